The molecule has 0 spiro atoms. The molecule has 0 bridgehead atoms. The number of hydrogen-bond acceptors (Lipinski definition) is 6. The van der Waals surface area contributed by atoms with Crippen LogP contribution in [0.5, 0.6) is 0 Å². The number of amides is 1. The van der Waals surface area contributed by atoms with E-state index in [1.165, 1.54) is 6.42 Å². The van der Waals surface area contributed by atoms with Crippen LogP contribution in [0.15, 0.2) is 36.4 Å². The summed E-state index contributed by atoms with van der Waals surface area (Å²) in [5.74, 6) is 1.31. The molecule has 2 saturated heterocycles. The van der Waals surface area contributed by atoms with Gasteiger partial charge < -0.3 is 15.0 Å². The van der Waals surface area contributed by atoms with Crippen molar-refractivity contribution in [2.45, 2.75) is 19.3 Å². The third-order valence-electron chi connectivity index (χ3n) is 5.47. The lowest BCUT2D eigenvalue weighted by Crippen LogP contribution is -2.41. The van der Waals surface area contributed by atoms with Crippen LogP contribution < -0.4 is 10.2 Å². The number of morpholine rings is 1. The predicted octanol–water partition coefficient (Wildman–Crippen LogP) is 2.20. The highest BCUT2D eigenvalue weighted by Gasteiger charge is 2.18. The molecule has 2 aliphatic rings. The predicted molar refractivity (Wildman–Crippen MR) is 113 cm³/mol. The highest BCUT2D eigenvalue weighted by Crippen LogP contribution is 2.23. The minimum Gasteiger partial charge on any atom is -0.379 e. The van der Waals surface area contributed by atoms with Crippen LogP contribution in [0.1, 0.15) is 29.8 Å². The first-order chi connectivity index (χ1) is 14.3. The van der Waals surface area contributed by atoms with E-state index in [2.05, 4.69) is 20.1 Å². The lowest BCUT2D eigenvalue weighted by atomic mass is 10.1. The second-order valence-corrected chi connectivity index (χ2v) is 7.56. The molecule has 1 aromatic heterocycles. The summed E-state index contributed by atoms with van der Waals surface area (Å²) in [4.78, 5) is 26.8. The van der Waals surface area contributed by atoms with E-state index < -0.39 is 0 Å². The van der Waals surface area contributed by atoms with Crippen LogP contribution in [-0.4, -0.2) is 73.3 Å². The summed E-state index contributed by atoms with van der Waals surface area (Å²) in [5, 5.41) is 3.02. The van der Waals surface area contributed by atoms with Crippen molar-refractivity contribution in [1.29, 1.82) is 0 Å². The Morgan fingerprint density at radius 2 is 1.76 bits per heavy atom. The van der Waals surface area contributed by atoms with Gasteiger partial charge in [-0.25, -0.2) is 9.97 Å². The van der Waals surface area contributed by atoms with Gasteiger partial charge in [0.1, 0.15) is 11.5 Å². The lowest BCUT2D eigenvalue weighted by Gasteiger charge is -2.28. The van der Waals surface area contributed by atoms with Gasteiger partial charge in [0.15, 0.2) is 5.82 Å². The highest BCUT2D eigenvalue weighted by atomic mass is 16.5. The minimum absolute atomic E-state index is 0.143. The van der Waals surface area contributed by atoms with Crippen LogP contribution >= 0.6 is 0 Å². The molecule has 1 N–H and O–H groups in total. The molecule has 0 radical (unpaired) electrons. The average molecular weight is 396 g/mol. The van der Waals surface area contributed by atoms with Crippen LogP contribution in [0.25, 0.3) is 11.4 Å². The standard InChI is InChI=1S/C22H29N5O2/c28-22(23-9-12-26-13-15-29-16-14-26)19-17-20(27-10-5-2-6-11-27)25-21(24-19)18-7-3-1-4-8-18/h1,3-4,7-8,17H,2,5-6,9-16H2,(H,23,28). The van der Waals surface area contributed by atoms with Crippen molar-refractivity contribution in [3.8, 4) is 11.4 Å². The number of nitrogens with zero attached hydrogens (tertiary/aromatic N) is 4. The third-order valence-corrected chi connectivity index (χ3v) is 5.47. The summed E-state index contributed by atoms with van der Waals surface area (Å²) in [6, 6.07) is 11.7. The largest absolute Gasteiger partial charge is 0.379 e. The van der Waals surface area contributed by atoms with Gasteiger partial charge >= 0.3 is 0 Å². The number of aromatic nitrogens is 2. The van der Waals surface area contributed by atoms with E-state index in [9.17, 15) is 4.79 Å². The molecule has 2 aromatic rings. The molecular formula is C22H29N5O2. The zero-order valence-electron chi connectivity index (χ0n) is 16.8. The quantitative estimate of drug-likeness (QED) is 0.809. The fourth-order valence-electron chi connectivity index (χ4n) is 3.79. The van der Waals surface area contributed by atoms with Crippen LogP contribution in [0.4, 0.5) is 5.82 Å². The maximum absolute atomic E-state index is 12.8. The summed E-state index contributed by atoms with van der Waals surface area (Å²) < 4.78 is 5.37. The summed E-state index contributed by atoms with van der Waals surface area (Å²) in [7, 11) is 0. The maximum Gasteiger partial charge on any atom is 0.270 e. The van der Waals surface area contributed by atoms with Crippen molar-refractivity contribution in [1.82, 2.24) is 20.2 Å². The fourth-order valence-corrected chi connectivity index (χ4v) is 3.79. The highest BCUT2D eigenvalue weighted by molar-refractivity contribution is 5.93. The molecule has 7 heteroatoms. The zero-order chi connectivity index (χ0) is 19.9. The zero-order valence-corrected chi connectivity index (χ0v) is 16.8. The van der Waals surface area contributed by atoms with Crippen molar-refractivity contribution in [3.63, 3.8) is 0 Å². The van der Waals surface area contributed by atoms with Crippen LogP contribution in [0.2, 0.25) is 0 Å². The average Bonchev–Trinajstić information content (AvgIpc) is 2.80. The van der Waals surface area contributed by atoms with Crippen molar-refractivity contribution in [2.75, 3.05) is 57.4 Å². The first kappa shape index (κ1) is 19.8. The summed E-state index contributed by atoms with van der Waals surface area (Å²) in [6.45, 7) is 6.74. The van der Waals surface area contributed by atoms with Crippen molar-refractivity contribution >= 4 is 11.7 Å². The second kappa shape index (κ2) is 9.80. The Morgan fingerprint density at radius 3 is 2.52 bits per heavy atom. The molecule has 0 saturated carbocycles. The van der Waals surface area contributed by atoms with E-state index in [0.29, 0.717) is 18.1 Å². The third kappa shape index (κ3) is 5.31. The van der Waals surface area contributed by atoms with Crippen LogP contribution in [0, 0.1) is 0 Å². The normalized spacial score (nSPS) is 17.9. The molecule has 7 nitrogen and oxygen atoms in total. The Kier molecular flexibility index (Phi) is 6.69. The molecule has 154 valence electrons. The molecule has 29 heavy (non-hydrogen) atoms. The smallest absolute Gasteiger partial charge is 0.270 e. The number of benzene rings is 1. The Bertz CT molecular complexity index is 802. The molecule has 2 aliphatic heterocycles. The number of rotatable bonds is 6. The first-order valence-electron chi connectivity index (χ1n) is 10.6. The van der Waals surface area contributed by atoms with E-state index in [-0.39, 0.29) is 5.91 Å². The number of carbonyl (C=O) groups is 1. The Morgan fingerprint density at radius 1 is 1.00 bits per heavy atom. The van der Waals surface area contributed by atoms with Gasteiger partial charge in [-0.2, -0.15) is 0 Å². The molecule has 0 unspecified atom stereocenters. The van der Waals surface area contributed by atoms with Gasteiger partial charge in [0.2, 0.25) is 0 Å². The maximum atomic E-state index is 12.8. The van der Waals surface area contributed by atoms with Gasteiger partial charge in [-0.3, -0.25) is 9.69 Å². The van der Waals surface area contributed by atoms with Gasteiger partial charge in [-0.15, -0.1) is 0 Å². The van der Waals surface area contributed by atoms with Gasteiger partial charge in [0.25, 0.3) is 5.91 Å². The summed E-state index contributed by atoms with van der Waals surface area (Å²) >= 11 is 0. The number of ether oxygens (including phenoxy) is 1. The molecule has 1 aromatic carbocycles. The van der Waals surface area contributed by atoms with E-state index in [0.717, 1.165) is 70.2 Å². The molecule has 0 aliphatic carbocycles. The monoisotopic (exact) mass is 395 g/mol. The van der Waals surface area contributed by atoms with Crippen molar-refractivity contribution in [3.05, 3.63) is 42.1 Å². The number of piperidine rings is 1. The molecule has 3 heterocycles. The molecule has 4 rings (SSSR count). The Hall–Kier alpha value is -2.51. The number of anilines is 1. The SMILES string of the molecule is O=C(NCCN1CCOCC1)c1cc(N2CCCCC2)nc(-c2ccccc2)n1. The van der Waals surface area contributed by atoms with E-state index in [4.69, 9.17) is 9.72 Å². The van der Waals surface area contributed by atoms with Gasteiger partial charge in [-0.05, 0) is 19.3 Å². The van der Waals surface area contributed by atoms with Gasteiger partial charge in [0.05, 0.1) is 13.2 Å². The summed E-state index contributed by atoms with van der Waals surface area (Å²) in [5.41, 5.74) is 1.36. The van der Waals surface area contributed by atoms with Gasteiger partial charge in [0, 0.05) is 50.9 Å². The number of nitrogens with one attached hydrogen (secondary N) is 1. The minimum atomic E-state index is -0.143. The summed E-state index contributed by atoms with van der Waals surface area (Å²) in [6.07, 6.45) is 3.57. The van der Waals surface area contributed by atoms with Crippen molar-refractivity contribution in [2.24, 2.45) is 0 Å². The van der Waals surface area contributed by atoms with E-state index in [1.807, 2.05) is 36.4 Å². The van der Waals surface area contributed by atoms with Crippen LogP contribution in [-0.2, 0) is 4.74 Å². The second-order valence-electron chi connectivity index (χ2n) is 7.56. The Balaban J connectivity index is 1.50. The number of hydrogen-bond donors (Lipinski definition) is 1. The molecule has 1 amide bonds. The topological polar surface area (TPSA) is 70.6 Å². The number of carbonyl (C=O) groups excluding carboxylic acids is 1. The Labute approximate surface area is 172 Å². The molecular weight excluding hydrogens is 366 g/mol. The lowest BCUT2D eigenvalue weighted by molar-refractivity contribution is 0.0383. The van der Waals surface area contributed by atoms with E-state index >= 15 is 0 Å². The van der Waals surface area contributed by atoms with Crippen molar-refractivity contribution < 1.29 is 9.53 Å². The fraction of sp³-hybridized carbons (Fsp3) is 0.500. The first-order valence-corrected chi connectivity index (χ1v) is 10.6. The van der Waals surface area contributed by atoms with Gasteiger partial charge in [-0.1, -0.05) is 30.3 Å². The van der Waals surface area contributed by atoms with E-state index in [1.54, 1.807) is 0 Å². The molecule has 2 fully saturated rings. The van der Waals surface area contributed by atoms with Crippen LogP contribution in [0.3, 0.4) is 0 Å². The molecule has 0 atom stereocenters.